The molecule has 0 aliphatic heterocycles. The monoisotopic (exact) mass is 518 g/mol. The van der Waals surface area contributed by atoms with E-state index in [4.69, 9.17) is 9.47 Å². The zero-order chi connectivity index (χ0) is 26.8. The van der Waals surface area contributed by atoms with Gasteiger partial charge >= 0.3 is 5.97 Å². The summed E-state index contributed by atoms with van der Waals surface area (Å²) in [5, 5.41) is 0. The van der Waals surface area contributed by atoms with Crippen molar-refractivity contribution < 1.29 is 18.8 Å². The topological polar surface area (TPSA) is 39.4 Å². The van der Waals surface area contributed by atoms with Gasteiger partial charge in [-0.15, -0.1) is 0 Å². The van der Waals surface area contributed by atoms with Crippen LogP contribution in [0.2, 0.25) is 0 Å². The Kier molecular flexibility index (Phi) is 22.6. The molecule has 1 unspecified atom stereocenters. The van der Waals surface area contributed by atoms with Gasteiger partial charge in [-0.3, -0.25) is 4.79 Å². The number of unbranched alkanes of at least 4 members (excludes halogenated alkanes) is 14. The Morgan fingerprint density at radius 2 is 1.30 bits per heavy atom. The molecule has 4 nitrogen and oxygen atoms in total. The summed E-state index contributed by atoms with van der Waals surface area (Å²) in [6.07, 6.45) is 28.0. The van der Waals surface area contributed by atoms with Gasteiger partial charge in [-0.05, 0) is 31.7 Å². The van der Waals surface area contributed by atoms with Crippen molar-refractivity contribution in [2.45, 2.75) is 149 Å². The van der Waals surface area contributed by atoms with E-state index in [-0.39, 0.29) is 5.97 Å². The Hall–Kier alpha value is -1.42. The van der Waals surface area contributed by atoms with E-state index in [1.165, 1.54) is 89.0 Å². The van der Waals surface area contributed by atoms with E-state index in [1.807, 2.05) is 0 Å². The average Bonchev–Trinajstić information content (AvgIpc) is 2.90. The highest BCUT2D eigenvalue weighted by Crippen LogP contribution is 2.14. The normalized spacial score (nSPS) is 12.1. The van der Waals surface area contributed by atoms with E-state index in [0.29, 0.717) is 25.6 Å². The number of aryl methyl sites for hydroxylation is 2. The molecule has 214 valence electrons. The molecule has 37 heavy (non-hydrogen) atoms. The van der Waals surface area contributed by atoms with Gasteiger partial charge in [0, 0.05) is 37.5 Å². The first kappa shape index (κ1) is 33.6. The summed E-state index contributed by atoms with van der Waals surface area (Å²) in [5.41, 5.74) is 1.27. The second kappa shape index (κ2) is 24.9. The Morgan fingerprint density at radius 3 is 1.86 bits per heavy atom. The van der Waals surface area contributed by atoms with Crippen molar-refractivity contribution in [1.29, 1.82) is 0 Å². The summed E-state index contributed by atoms with van der Waals surface area (Å²) in [5.74, 6) is 0.255. The summed E-state index contributed by atoms with van der Waals surface area (Å²) in [7, 11) is 0. The fraction of sp³-hybridized carbons (Fsp3) is 0.818. The molecule has 1 rings (SSSR count). The number of carbonyl (C=O) groups is 1. The molecule has 1 aromatic rings. The molecule has 0 amide bonds. The number of ether oxygens (including phenoxy) is 2. The first-order chi connectivity index (χ1) is 18.2. The number of hydrogen-bond donors (Lipinski definition) is 0. The van der Waals surface area contributed by atoms with Crippen LogP contribution in [0.3, 0.4) is 0 Å². The highest BCUT2D eigenvalue weighted by Gasteiger charge is 2.12. The lowest BCUT2D eigenvalue weighted by Gasteiger charge is -2.16. The second-order valence-corrected chi connectivity index (χ2v) is 11.1. The third-order valence-corrected chi connectivity index (χ3v) is 7.28. The maximum atomic E-state index is 12.2. The van der Waals surface area contributed by atoms with Crippen LogP contribution in [0.1, 0.15) is 141 Å². The molecule has 0 aliphatic rings. The Balaban J connectivity index is 1.93. The van der Waals surface area contributed by atoms with Crippen LogP contribution in [0, 0.1) is 12.8 Å². The van der Waals surface area contributed by atoms with Crippen LogP contribution >= 0.6 is 0 Å². The van der Waals surface area contributed by atoms with Crippen LogP contribution in [-0.2, 0) is 20.8 Å². The number of rotatable bonds is 26. The molecule has 4 heteroatoms. The van der Waals surface area contributed by atoms with Crippen molar-refractivity contribution in [3.05, 3.63) is 30.1 Å². The molecule has 0 bridgehead atoms. The highest BCUT2D eigenvalue weighted by atomic mass is 16.5. The second-order valence-electron chi connectivity index (χ2n) is 11.1. The molecule has 0 saturated heterocycles. The molecular formula is C33H60NO3+. The molecule has 0 N–H and O–H groups in total. The Bertz CT molecular complexity index is 631. The van der Waals surface area contributed by atoms with Crippen LogP contribution in [0.15, 0.2) is 24.5 Å². The van der Waals surface area contributed by atoms with E-state index >= 15 is 0 Å². The first-order valence-corrected chi connectivity index (χ1v) is 15.8. The van der Waals surface area contributed by atoms with Gasteiger partial charge in [-0.1, -0.05) is 104 Å². The van der Waals surface area contributed by atoms with Crippen LogP contribution in [0.25, 0.3) is 0 Å². The molecule has 0 fully saturated rings. The van der Waals surface area contributed by atoms with Gasteiger partial charge in [-0.2, -0.15) is 0 Å². The molecule has 1 heterocycles. The Labute approximate surface area is 229 Å². The number of hydrogen-bond acceptors (Lipinski definition) is 3. The average molecular weight is 519 g/mol. The van der Waals surface area contributed by atoms with E-state index in [9.17, 15) is 4.79 Å². The van der Waals surface area contributed by atoms with Gasteiger partial charge < -0.3 is 9.47 Å². The number of pyridine rings is 1. The van der Waals surface area contributed by atoms with Crippen LogP contribution in [-0.4, -0.2) is 25.8 Å². The SMILES string of the molecule is CCCCCCCCCCCCCCCCOCC(CCC)COC(=O)CCCC[n+]1ccc(C)cc1. The zero-order valence-electron chi connectivity index (χ0n) is 24.8. The van der Waals surface area contributed by atoms with Crippen LogP contribution in [0.4, 0.5) is 0 Å². The molecular weight excluding hydrogens is 458 g/mol. The molecule has 0 aromatic carbocycles. The zero-order valence-corrected chi connectivity index (χ0v) is 24.8. The number of esters is 1. The van der Waals surface area contributed by atoms with Gasteiger partial charge in [0.2, 0.25) is 0 Å². The van der Waals surface area contributed by atoms with Gasteiger partial charge in [-0.25, -0.2) is 4.57 Å². The molecule has 1 atom stereocenters. The third-order valence-electron chi connectivity index (χ3n) is 7.28. The summed E-state index contributed by atoms with van der Waals surface area (Å²) >= 11 is 0. The summed E-state index contributed by atoms with van der Waals surface area (Å²) < 4.78 is 13.7. The standard InChI is InChI=1S/C33H60NO3/c1-4-6-7-8-9-10-11-12-13-14-15-16-17-20-28-36-29-32(21-5-2)30-37-33(35)22-18-19-25-34-26-23-31(3)24-27-34/h23-24,26-27,32H,4-22,25,28-30H2,1-3H3/q+1. The van der Waals surface area contributed by atoms with E-state index in [2.05, 4.69) is 49.9 Å². The quantitative estimate of drug-likeness (QED) is 0.0698. The predicted molar refractivity (Wildman–Crippen MR) is 156 cm³/mol. The van der Waals surface area contributed by atoms with Gasteiger partial charge in [0.15, 0.2) is 12.4 Å². The van der Waals surface area contributed by atoms with Crippen molar-refractivity contribution in [2.75, 3.05) is 19.8 Å². The molecule has 0 spiro atoms. The summed E-state index contributed by atoms with van der Waals surface area (Å²) in [6, 6.07) is 4.23. The van der Waals surface area contributed by atoms with E-state index in [0.717, 1.165) is 45.3 Å². The number of carbonyl (C=O) groups excluding carboxylic acids is 1. The fourth-order valence-electron chi connectivity index (χ4n) is 4.80. The third kappa shape index (κ3) is 21.2. The van der Waals surface area contributed by atoms with Crippen molar-refractivity contribution in [2.24, 2.45) is 5.92 Å². The minimum absolute atomic E-state index is 0.0676. The van der Waals surface area contributed by atoms with E-state index in [1.54, 1.807) is 0 Å². The Morgan fingerprint density at radius 1 is 0.730 bits per heavy atom. The minimum atomic E-state index is -0.0676. The van der Waals surface area contributed by atoms with Gasteiger partial charge in [0.1, 0.15) is 6.54 Å². The smallest absolute Gasteiger partial charge is 0.305 e. The van der Waals surface area contributed by atoms with Crippen molar-refractivity contribution in [3.8, 4) is 0 Å². The lowest BCUT2D eigenvalue weighted by molar-refractivity contribution is -0.697. The lowest BCUT2D eigenvalue weighted by Crippen LogP contribution is -2.32. The molecule has 1 aromatic heterocycles. The summed E-state index contributed by atoms with van der Waals surface area (Å²) in [4.78, 5) is 12.2. The van der Waals surface area contributed by atoms with Gasteiger partial charge in [0.25, 0.3) is 0 Å². The van der Waals surface area contributed by atoms with Gasteiger partial charge in [0.05, 0.1) is 13.2 Å². The van der Waals surface area contributed by atoms with Crippen molar-refractivity contribution in [1.82, 2.24) is 0 Å². The summed E-state index contributed by atoms with van der Waals surface area (Å²) in [6.45, 7) is 9.56. The molecule has 0 aliphatic carbocycles. The molecule has 0 radical (unpaired) electrons. The van der Waals surface area contributed by atoms with Crippen LogP contribution in [0.5, 0.6) is 0 Å². The van der Waals surface area contributed by atoms with Crippen LogP contribution < -0.4 is 4.57 Å². The lowest BCUT2D eigenvalue weighted by atomic mass is 10.0. The highest BCUT2D eigenvalue weighted by molar-refractivity contribution is 5.69. The largest absolute Gasteiger partial charge is 0.465 e. The minimum Gasteiger partial charge on any atom is -0.465 e. The number of nitrogens with zero attached hydrogens (tertiary/aromatic N) is 1. The van der Waals surface area contributed by atoms with Crippen molar-refractivity contribution >= 4 is 5.97 Å². The van der Waals surface area contributed by atoms with Crippen molar-refractivity contribution in [3.63, 3.8) is 0 Å². The maximum absolute atomic E-state index is 12.2. The molecule has 0 saturated carbocycles. The maximum Gasteiger partial charge on any atom is 0.305 e. The number of aromatic nitrogens is 1. The van der Waals surface area contributed by atoms with E-state index < -0.39 is 0 Å². The predicted octanol–water partition coefficient (Wildman–Crippen LogP) is 8.91. The fourth-order valence-corrected chi connectivity index (χ4v) is 4.80. The first-order valence-electron chi connectivity index (χ1n) is 15.8.